The second-order valence-electron chi connectivity index (χ2n) is 6.07. The first-order chi connectivity index (χ1) is 11.8. The third-order valence-corrected chi connectivity index (χ3v) is 4.54. The van der Waals surface area contributed by atoms with E-state index in [2.05, 4.69) is 5.32 Å². The summed E-state index contributed by atoms with van der Waals surface area (Å²) in [6, 6.07) is 10.9. The van der Waals surface area contributed by atoms with Gasteiger partial charge in [0.2, 0.25) is 0 Å². The van der Waals surface area contributed by atoms with Gasteiger partial charge >= 0.3 is 0 Å². The van der Waals surface area contributed by atoms with Gasteiger partial charge in [-0.15, -0.1) is 0 Å². The zero-order valence-electron chi connectivity index (χ0n) is 14.4. The average Bonchev–Trinajstić information content (AvgIpc) is 2.57. The third-order valence-electron chi connectivity index (χ3n) is 4.19. The largest absolute Gasteiger partial charge is 0.323 e. The fraction of sp³-hybridized carbons (Fsp3) is 0.263. The van der Waals surface area contributed by atoms with Crippen molar-refractivity contribution in [3.8, 4) is 0 Å². The number of hydrogen-bond acceptors (Lipinski definition) is 2. The summed E-state index contributed by atoms with van der Waals surface area (Å²) in [5.74, 6) is -0.666. The first-order valence-electron chi connectivity index (χ1n) is 7.96. The number of hydrogen-bond donors (Lipinski definition) is 2. The van der Waals surface area contributed by atoms with Crippen LogP contribution < -0.4 is 10.2 Å². The molecule has 0 spiro atoms. The van der Waals surface area contributed by atoms with E-state index in [4.69, 9.17) is 11.6 Å². The summed E-state index contributed by atoms with van der Waals surface area (Å²) in [5.41, 5.74) is 1.48. The molecule has 25 heavy (non-hydrogen) atoms. The topological polar surface area (TPSA) is 50.6 Å². The van der Waals surface area contributed by atoms with Crippen LogP contribution in [0.4, 0.5) is 10.1 Å². The number of halogens is 2. The molecule has 0 fully saturated rings. The Labute approximate surface area is 151 Å². The molecule has 0 heterocycles. The molecule has 2 aromatic carbocycles. The quantitative estimate of drug-likeness (QED) is 0.775. The standard InChI is InChI=1S/C19H20ClFN2O2/c1-12(23(3)11-16-17(20)8-5-9-18(16)21)19(25)22-15-7-4-6-14(10-15)13(2)24/h4-10,12H,11H2,1-3H3,(H,22,25)/p+1/t12-/m1/s1. The molecule has 0 aliphatic heterocycles. The van der Waals surface area contributed by atoms with Crippen molar-refractivity contribution < 1.29 is 18.9 Å². The second kappa shape index (κ2) is 8.23. The van der Waals surface area contributed by atoms with Crippen molar-refractivity contribution in [2.75, 3.05) is 12.4 Å². The van der Waals surface area contributed by atoms with E-state index in [-0.39, 0.29) is 24.1 Å². The van der Waals surface area contributed by atoms with Crippen LogP contribution in [0.5, 0.6) is 0 Å². The van der Waals surface area contributed by atoms with Crippen LogP contribution in [-0.4, -0.2) is 24.8 Å². The lowest BCUT2D eigenvalue weighted by atomic mass is 10.1. The molecule has 2 aromatic rings. The van der Waals surface area contributed by atoms with E-state index in [0.29, 0.717) is 21.8 Å². The van der Waals surface area contributed by atoms with Crippen LogP contribution in [0.3, 0.4) is 0 Å². The number of benzene rings is 2. The van der Waals surface area contributed by atoms with Crippen molar-refractivity contribution in [1.82, 2.24) is 0 Å². The van der Waals surface area contributed by atoms with Crippen LogP contribution in [-0.2, 0) is 11.3 Å². The highest BCUT2D eigenvalue weighted by molar-refractivity contribution is 6.31. The van der Waals surface area contributed by atoms with E-state index < -0.39 is 6.04 Å². The fourth-order valence-corrected chi connectivity index (χ4v) is 2.65. The van der Waals surface area contributed by atoms with Gasteiger partial charge in [0.1, 0.15) is 12.4 Å². The minimum atomic E-state index is -0.434. The van der Waals surface area contributed by atoms with Crippen molar-refractivity contribution in [3.05, 3.63) is 64.4 Å². The molecule has 0 aliphatic rings. The van der Waals surface area contributed by atoms with Gasteiger partial charge in [0, 0.05) is 11.3 Å². The Balaban J connectivity index is 2.06. The molecule has 2 rings (SSSR count). The number of anilines is 1. The molecule has 2 N–H and O–H groups in total. The van der Waals surface area contributed by atoms with Gasteiger partial charge < -0.3 is 10.2 Å². The van der Waals surface area contributed by atoms with E-state index in [1.165, 1.54) is 13.0 Å². The van der Waals surface area contributed by atoms with E-state index in [1.807, 2.05) is 0 Å². The van der Waals surface area contributed by atoms with Crippen LogP contribution in [0.15, 0.2) is 42.5 Å². The zero-order chi connectivity index (χ0) is 18.6. The van der Waals surface area contributed by atoms with E-state index in [9.17, 15) is 14.0 Å². The van der Waals surface area contributed by atoms with E-state index in [0.717, 1.165) is 4.90 Å². The van der Waals surface area contributed by atoms with Crippen molar-refractivity contribution in [3.63, 3.8) is 0 Å². The first-order valence-corrected chi connectivity index (χ1v) is 8.34. The predicted molar refractivity (Wildman–Crippen MR) is 96.5 cm³/mol. The van der Waals surface area contributed by atoms with Gasteiger partial charge in [-0.3, -0.25) is 9.59 Å². The Hall–Kier alpha value is -2.24. The first kappa shape index (κ1) is 19.1. The summed E-state index contributed by atoms with van der Waals surface area (Å²) in [6.45, 7) is 3.52. The Bertz CT molecular complexity index is 774. The molecule has 132 valence electrons. The number of carbonyl (C=O) groups excluding carboxylic acids is 2. The smallest absolute Gasteiger partial charge is 0.282 e. The normalized spacial score (nSPS) is 13.2. The minimum absolute atomic E-state index is 0.0684. The molecule has 2 atom stereocenters. The van der Waals surface area contributed by atoms with Crippen molar-refractivity contribution in [2.45, 2.75) is 26.4 Å². The van der Waals surface area contributed by atoms with Crippen LogP contribution >= 0.6 is 11.6 Å². The lowest BCUT2D eigenvalue weighted by Crippen LogP contribution is -3.12. The van der Waals surface area contributed by atoms with Gasteiger partial charge in [-0.05, 0) is 38.1 Å². The van der Waals surface area contributed by atoms with Gasteiger partial charge in [-0.1, -0.05) is 29.8 Å². The Morgan fingerprint density at radius 3 is 2.56 bits per heavy atom. The molecule has 1 amide bonds. The predicted octanol–water partition coefficient (Wildman–Crippen LogP) is 2.72. The lowest BCUT2D eigenvalue weighted by molar-refractivity contribution is -0.908. The monoisotopic (exact) mass is 363 g/mol. The molecular weight excluding hydrogens is 343 g/mol. The van der Waals surface area contributed by atoms with Crippen molar-refractivity contribution in [2.24, 2.45) is 0 Å². The summed E-state index contributed by atoms with van der Waals surface area (Å²) in [6.07, 6.45) is 0. The Kier molecular flexibility index (Phi) is 6.28. The number of ketones is 1. The second-order valence-corrected chi connectivity index (χ2v) is 6.48. The number of Topliss-reactive ketones (excluding diaryl/α,β-unsaturated/α-hetero) is 1. The highest BCUT2D eigenvalue weighted by atomic mass is 35.5. The Morgan fingerprint density at radius 2 is 1.92 bits per heavy atom. The molecular formula is C19H21ClFN2O2+. The molecule has 1 unspecified atom stereocenters. The maximum Gasteiger partial charge on any atom is 0.282 e. The molecule has 0 aromatic heterocycles. The summed E-state index contributed by atoms with van der Waals surface area (Å²) >= 11 is 6.05. The zero-order valence-corrected chi connectivity index (χ0v) is 15.2. The van der Waals surface area contributed by atoms with Crippen LogP contribution in [0.1, 0.15) is 29.8 Å². The maximum absolute atomic E-state index is 13.9. The number of quaternary nitrogens is 1. The molecule has 0 saturated heterocycles. The third kappa shape index (κ3) is 4.87. The van der Waals surface area contributed by atoms with Gasteiger partial charge in [0.15, 0.2) is 11.8 Å². The molecule has 0 saturated carbocycles. The minimum Gasteiger partial charge on any atom is -0.323 e. The van der Waals surface area contributed by atoms with Gasteiger partial charge in [0.05, 0.1) is 17.6 Å². The number of likely N-dealkylation sites (N-methyl/N-ethyl adjacent to an activating group) is 1. The summed E-state index contributed by atoms with van der Waals surface area (Å²) in [4.78, 5) is 24.7. The highest BCUT2D eigenvalue weighted by Gasteiger charge is 2.24. The molecule has 4 nitrogen and oxygen atoms in total. The summed E-state index contributed by atoms with van der Waals surface area (Å²) in [5, 5.41) is 3.14. The molecule has 0 bridgehead atoms. The maximum atomic E-state index is 13.9. The van der Waals surface area contributed by atoms with E-state index in [1.54, 1.807) is 50.4 Å². The number of amides is 1. The highest BCUT2D eigenvalue weighted by Crippen LogP contribution is 2.17. The lowest BCUT2D eigenvalue weighted by Gasteiger charge is -2.22. The van der Waals surface area contributed by atoms with Crippen molar-refractivity contribution in [1.29, 1.82) is 0 Å². The van der Waals surface area contributed by atoms with Crippen LogP contribution in [0.25, 0.3) is 0 Å². The summed E-state index contributed by atoms with van der Waals surface area (Å²) < 4.78 is 13.9. The van der Waals surface area contributed by atoms with Crippen LogP contribution in [0, 0.1) is 5.82 Å². The van der Waals surface area contributed by atoms with Crippen molar-refractivity contribution >= 4 is 29.0 Å². The molecule has 6 heteroatoms. The number of rotatable bonds is 6. The van der Waals surface area contributed by atoms with Gasteiger partial charge in [-0.2, -0.15) is 0 Å². The molecule has 0 aliphatic carbocycles. The Morgan fingerprint density at radius 1 is 1.24 bits per heavy atom. The van der Waals surface area contributed by atoms with E-state index >= 15 is 0 Å². The van der Waals surface area contributed by atoms with Crippen LogP contribution in [0.2, 0.25) is 5.02 Å². The van der Waals surface area contributed by atoms with Gasteiger partial charge in [0.25, 0.3) is 5.91 Å². The SMILES string of the molecule is CC(=O)c1cccc(NC(=O)[C@@H](C)[NH+](C)Cc2c(F)cccc2Cl)c1. The molecule has 0 radical (unpaired) electrons. The van der Waals surface area contributed by atoms with Gasteiger partial charge in [-0.25, -0.2) is 4.39 Å². The average molecular weight is 364 g/mol. The number of carbonyl (C=O) groups is 2. The fourth-order valence-electron chi connectivity index (χ4n) is 2.42. The number of nitrogens with one attached hydrogen (secondary N) is 2. The summed E-state index contributed by atoms with van der Waals surface area (Å²) in [7, 11) is 1.80.